The fraction of sp³-hybridized carbons (Fsp3) is 0.500. The van der Waals surface area contributed by atoms with E-state index in [9.17, 15) is 0 Å². The van der Waals surface area contributed by atoms with Gasteiger partial charge in [0.05, 0.1) is 6.10 Å². The molecule has 0 aliphatic rings. The summed E-state index contributed by atoms with van der Waals surface area (Å²) in [4.78, 5) is 0. The Balaban J connectivity index is 0. The molecule has 1 unspecified atom stereocenters. The van der Waals surface area contributed by atoms with E-state index in [0.29, 0.717) is 0 Å². The fourth-order valence-electron chi connectivity index (χ4n) is 0.912. The van der Waals surface area contributed by atoms with Gasteiger partial charge in [-0.2, -0.15) is 0 Å². The third kappa shape index (κ3) is 7.54. The monoisotopic (exact) mass is 182 g/mol. The Morgan fingerprint density at radius 1 is 1.46 bits per heavy atom. The van der Waals surface area contributed by atoms with E-state index in [1.807, 2.05) is 19.1 Å². The molecular formula is C12H22O. The van der Waals surface area contributed by atoms with E-state index in [1.54, 1.807) is 7.11 Å². The van der Waals surface area contributed by atoms with E-state index < -0.39 is 0 Å². The summed E-state index contributed by atoms with van der Waals surface area (Å²) in [7, 11) is 1.74. The highest BCUT2D eigenvalue weighted by atomic mass is 16.5. The Hall–Kier alpha value is -0.820. The molecule has 0 N–H and O–H groups in total. The summed E-state index contributed by atoms with van der Waals surface area (Å²) >= 11 is 0. The maximum Gasteiger partial charge on any atom is 0.0756 e. The van der Waals surface area contributed by atoms with Crippen molar-refractivity contribution < 1.29 is 4.74 Å². The zero-order valence-corrected chi connectivity index (χ0v) is 9.34. The van der Waals surface area contributed by atoms with E-state index in [-0.39, 0.29) is 6.10 Å². The molecule has 0 aliphatic carbocycles. The van der Waals surface area contributed by atoms with Crippen LogP contribution in [0.1, 0.15) is 27.2 Å². The molecule has 0 rings (SSSR count). The zero-order valence-electron chi connectivity index (χ0n) is 9.34. The summed E-state index contributed by atoms with van der Waals surface area (Å²) < 4.78 is 5.20. The van der Waals surface area contributed by atoms with Gasteiger partial charge < -0.3 is 4.74 Å². The van der Waals surface area contributed by atoms with Crippen molar-refractivity contribution in [2.24, 2.45) is 0 Å². The number of hydrogen-bond acceptors (Lipinski definition) is 1. The van der Waals surface area contributed by atoms with Crippen LogP contribution in [0.25, 0.3) is 0 Å². The van der Waals surface area contributed by atoms with Crippen LogP contribution in [0.3, 0.4) is 0 Å². The molecular weight excluding hydrogens is 160 g/mol. The van der Waals surface area contributed by atoms with Gasteiger partial charge in [-0.1, -0.05) is 25.2 Å². The van der Waals surface area contributed by atoms with E-state index >= 15 is 0 Å². The molecule has 1 atom stereocenters. The second kappa shape index (κ2) is 11.2. The first-order valence-corrected chi connectivity index (χ1v) is 4.60. The van der Waals surface area contributed by atoms with Crippen molar-refractivity contribution in [1.82, 2.24) is 0 Å². The highest BCUT2D eigenvalue weighted by Gasteiger charge is 2.02. The standard InChI is InChI=1S/C10H18O.C2H4/c1-5-7-8-10(6-2)9(3)11-4;1-2/h5,7-9H,6H2,1-4H3;1-2H2/b7-5-,10-8+;. The molecule has 1 nitrogen and oxygen atoms in total. The van der Waals surface area contributed by atoms with Crippen LogP contribution in [0, 0.1) is 0 Å². The van der Waals surface area contributed by atoms with Crippen LogP contribution >= 0.6 is 0 Å². The molecule has 0 aromatic heterocycles. The third-order valence-electron chi connectivity index (χ3n) is 1.79. The first-order valence-electron chi connectivity index (χ1n) is 4.60. The predicted octanol–water partition coefficient (Wildman–Crippen LogP) is 3.74. The van der Waals surface area contributed by atoms with Gasteiger partial charge in [0.2, 0.25) is 0 Å². The minimum Gasteiger partial charge on any atom is -0.377 e. The smallest absolute Gasteiger partial charge is 0.0756 e. The predicted molar refractivity (Wildman–Crippen MR) is 60.9 cm³/mol. The van der Waals surface area contributed by atoms with Crippen molar-refractivity contribution in [3.63, 3.8) is 0 Å². The van der Waals surface area contributed by atoms with Gasteiger partial charge in [0.25, 0.3) is 0 Å². The Morgan fingerprint density at radius 3 is 2.31 bits per heavy atom. The van der Waals surface area contributed by atoms with E-state index in [4.69, 9.17) is 4.74 Å². The lowest BCUT2D eigenvalue weighted by atomic mass is 10.1. The molecule has 0 saturated carbocycles. The lowest BCUT2D eigenvalue weighted by Crippen LogP contribution is -2.07. The quantitative estimate of drug-likeness (QED) is 0.475. The van der Waals surface area contributed by atoms with Gasteiger partial charge in [0, 0.05) is 7.11 Å². The van der Waals surface area contributed by atoms with Crippen LogP contribution in [0.2, 0.25) is 0 Å². The molecule has 13 heavy (non-hydrogen) atoms. The third-order valence-corrected chi connectivity index (χ3v) is 1.79. The molecule has 0 bridgehead atoms. The SMILES string of the molecule is C/C=C\C=C(/CC)C(C)OC.C=C. The zero-order chi connectivity index (χ0) is 10.7. The number of methoxy groups -OCH3 is 1. The summed E-state index contributed by atoms with van der Waals surface area (Å²) in [6.07, 6.45) is 7.50. The summed E-state index contributed by atoms with van der Waals surface area (Å²) in [5.74, 6) is 0. The molecule has 0 aliphatic heterocycles. The van der Waals surface area contributed by atoms with Gasteiger partial charge in [-0.15, -0.1) is 13.2 Å². The number of hydrogen-bond donors (Lipinski definition) is 0. The van der Waals surface area contributed by atoms with Crippen molar-refractivity contribution in [2.75, 3.05) is 7.11 Å². The molecule has 0 spiro atoms. The first-order chi connectivity index (χ1) is 6.26. The molecule has 0 amide bonds. The van der Waals surface area contributed by atoms with Crippen molar-refractivity contribution in [1.29, 1.82) is 0 Å². The minimum atomic E-state index is 0.246. The van der Waals surface area contributed by atoms with Gasteiger partial charge in [0.1, 0.15) is 0 Å². The average Bonchev–Trinajstić information content (AvgIpc) is 2.21. The topological polar surface area (TPSA) is 9.23 Å². The molecule has 0 aromatic rings. The van der Waals surface area contributed by atoms with Crippen molar-refractivity contribution in [2.45, 2.75) is 33.3 Å². The summed E-state index contributed by atoms with van der Waals surface area (Å²) in [5.41, 5.74) is 1.34. The molecule has 0 heterocycles. The van der Waals surface area contributed by atoms with Crippen LogP contribution in [-0.2, 0) is 4.74 Å². The van der Waals surface area contributed by atoms with Crippen LogP contribution in [0.5, 0.6) is 0 Å². The van der Waals surface area contributed by atoms with Crippen molar-refractivity contribution in [3.05, 3.63) is 37.0 Å². The normalized spacial score (nSPS) is 13.7. The highest BCUT2D eigenvalue weighted by Crippen LogP contribution is 2.09. The van der Waals surface area contributed by atoms with Gasteiger partial charge in [-0.25, -0.2) is 0 Å². The van der Waals surface area contributed by atoms with Crippen LogP contribution in [-0.4, -0.2) is 13.2 Å². The van der Waals surface area contributed by atoms with Gasteiger partial charge in [0.15, 0.2) is 0 Å². The van der Waals surface area contributed by atoms with Gasteiger partial charge >= 0.3 is 0 Å². The van der Waals surface area contributed by atoms with Gasteiger partial charge in [-0.3, -0.25) is 0 Å². The second-order valence-corrected chi connectivity index (χ2v) is 2.50. The number of rotatable bonds is 4. The number of allylic oxidation sites excluding steroid dienone is 3. The number of ether oxygens (including phenoxy) is 1. The Bertz CT molecular complexity index is 157. The second-order valence-electron chi connectivity index (χ2n) is 2.50. The Morgan fingerprint density at radius 2 is 2.00 bits per heavy atom. The Kier molecular flexibility index (Phi) is 12.6. The lowest BCUT2D eigenvalue weighted by Gasteiger charge is -2.11. The highest BCUT2D eigenvalue weighted by molar-refractivity contribution is 5.14. The lowest BCUT2D eigenvalue weighted by molar-refractivity contribution is 0.144. The molecule has 0 radical (unpaired) electrons. The molecule has 76 valence electrons. The average molecular weight is 182 g/mol. The van der Waals surface area contributed by atoms with Crippen molar-refractivity contribution >= 4 is 0 Å². The molecule has 0 saturated heterocycles. The molecule has 1 heteroatoms. The molecule has 0 aromatic carbocycles. The van der Waals surface area contributed by atoms with Crippen molar-refractivity contribution in [3.8, 4) is 0 Å². The maximum absolute atomic E-state index is 5.20. The fourth-order valence-corrected chi connectivity index (χ4v) is 0.912. The Labute approximate surface area is 82.8 Å². The largest absolute Gasteiger partial charge is 0.377 e. The van der Waals surface area contributed by atoms with Gasteiger partial charge in [-0.05, 0) is 25.8 Å². The van der Waals surface area contributed by atoms with E-state index in [1.165, 1.54) is 5.57 Å². The van der Waals surface area contributed by atoms with E-state index in [2.05, 4.69) is 33.1 Å². The minimum absolute atomic E-state index is 0.246. The van der Waals surface area contributed by atoms with Crippen LogP contribution < -0.4 is 0 Å². The first kappa shape index (κ1) is 14.7. The maximum atomic E-state index is 5.20. The summed E-state index contributed by atoms with van der Waals surface area (Å²) in [6, 6.07) is 0. The summed E-state index contributed by atoms with van der Waals surface area (Å²) in [6.45, 7) is 12.2. The van der Waals surface area contributed by atoms with E-state index in [0.717, 1.165) is 6.42 Å². The van der Waals surface area contributed by atoms with Crippen LogP contribution in [0.4, 0.5) is 0 Å². The summed E-state index contributed by atoms with van der Waals surface area (Å²) in [5, 5.41) is 0. The van der Waals surface area contributed by atoms with Crippen LogP contribution in [0.15, 0.2) is 37.0 Å². The molecule has 0 fully saturated rings.